The first-order valence-electron chi connectivity index (χ1n) is 9.39. The van der Waals surface area contributed by atoms with Gasteiger partial charge in [0.25, 0.3) is 0 Å². The molecule has 1 aromatic heterocycles. The Morgan fingerprint density at radius 2 is 1.68 bits per heavy atom. The van der Waals surface area contributed by atoms with Gasteiger partial charge in [0.15, 0.2) is 0 Å². The Labute approximate surface area is 177 Å². The van der Waals surface area contributed by atoms with Crippen molar-refractivity contribution in [3.63, 3.8) is 0 Å². The van der Waals surface area contributed by atoms with E-state index in [4.69, 9.17) is 28.5 Å². The van der Waals surface area contributed by atoms with E-state index in [1.807, 2.05) is 29.1 Å². The molecule has 0 radical (unpaired) electrons. The Hall–Kier alpha value is -2.02. The Kier molecular flexibility index (Phi) is 8.83. The fraction of sp³-hybridized carbons (Fsp3) is 0.429. The first kappa shape index (κ1) is 22.3. The summed E-state index contributed by atoms with van der Waals surface area (Å²) in [7, 11) is 0. The second-order valence-electron chi connectivity index (χ2n) is 6.51. The van der Waals surface area contributed by atoms with Gasteiger partial charge in [0.2, 0.25) is 0 Å². The summed E-state index contributed by atoms with van der Waals surface area (Å²) in [6.07, 6.45) is 4.22. The number of rotatable bonds is 10. The summed E-state index contributed by atoms with van der Waals surface area (Å²) >= 11 is 12.5. The number of benzene rings is 1. The summed E-state index contributed by atoms with van der Waals surface area (Å²) in [5.41, 5.74) is 2.06. The normalized spacial score (nSPS) is 11.0. The van der Waals surface area contributed by atoms with Gasteiger partial charge in [-0.1, -0.05) is 49.2 Å². The molecule has 0 amide bonds. The average Bonchev–Trinajstić information content (AvgIpc) is 3.11. The van der Waals surface area contributed by atoms with Crippen molar-refractivity contribution < 1.29 is 0 Å². The highest BCUT2D eigenvalue weighted by Crippen LogP contribution is 2.35. The maximum absolute atomic E-state index is 9.57. The van der Waals surface area contributed by atoms with E-state index in [1.165, 1.54) is 0 Å². The number of aromatic nitrogens is 1. The fourth-order valence-corrected chi connectivity index (χ4v) is 3.52. The second kappa shape index (κ2) is 11.1. The maximum atomic E-state index is 9.57. The molecule has 1 aromatic carbocycles. The molecule has 0 atom stereocenters. The number of nitriles is 2. The molecule has 7 heteroatoms. The molecule has 0 unspecified atom stereocenters. The van der Waals surface area contributed by atoms with Crippen LogP contribution in [0.3, 0.4) is 0 Å². The fourth-order valence-electron chi connectivity index (χ4n) is 3.12. The smallest absolute Gasteiger partial charge is 0.101 e. The van der Waals surface area contributed by atoms with Gasteiger partial charge >= 0.3 is 0 Å². The summed E-state index contributed by atoms with van der Waals surface area (Å²) in [5, 5.41) is 19.5. The van der Waals surface area contributed by atoms with Gasteiger partial charge in [-0.2, -0.15) is 10.5 Å². The van der Waals surface area contributed by atoms with E-state index < -0.39 is 0 Å². The molecule has 0 saturated heterocycles. The summed E-state index contributed by atoms with van der Waals surface area (Å²) in [6, 6.07) is 9.88. The van der Waals surface area contributed by atoms with Crippen LogP contribution >= 0.6 is 23.2 Å². The van der Waals surface area contributed by atoms with Crippen LogP contribution in [0.2, 0.25) is 10.0 Å². The molecule has 0 saturated carbocycles. The second-order valence-corrected chi connectivity index (χ2v) is 7.29. The Morgan fingerprint density at radius 3 is 2.32 bits per heavy atom. The van der Waals surface area contributed by atoms with Crippen molar-refractivity contribution in [1.82, 2.24) is 14.4 Å². The Morgan fingerprint density at radius 1 is 0.964 bits per heavy atom. The zero-order chi connectivity index (χ0) is 20.5. The van der Waals surface area contributed by atoms with Crippen LogP contribution in [0.15, 0.2) is 30.6 Å². The molecular formula is C21H25Cl2N5. The van der Waals surface area contributed by atoms with E-state index in [-0.39, 0.29) is 0 Å². The molecular weight excluding hydrogens is 393 g/mol. The molecule has 148 valence electrons. The van der Waals surface area contributed by atoms with Crippen molar-refractivity contribution in [2.75, 3.05) is 32.7 Å². The SMILES string of the molecule is CCN(CC)CCN(CCC#N)Cn1cc(C#N)c(-c2cccc(Cl)c2Cl)c1. The largest absolute Gasteiger partial charge is 0.339 e. The monoisotopic (exact) mass is 417 g/mol. The highest BCUT2D eigenvalue weighted by molar-refractivity contribution is 6.43. The molecule has 0 N–H and O–H groups in total. The van der Waals surface area contributed by atoms with Gasteiger partial charge in [0.1, 0.15) is 6.07 Å². The molecule has 5 nitrogen and oxygen atoms in total. The van der Waals surface area contributed by atoms with Crippen LogP contribution in [0.4, 0.5) is 0 Å². The van der Waals surface area contributed by atoms with E-state index in [0.717, 1.165) is 37.3 Å². The molecule has 0 aliphatic carbocycles. The van der Waals surface area contributed by atoms with Crippen molar-refractivity contribution in [3.8, 4) is 23.3 Å². The molecule has 0 aliphatic rings. The van der Waals surface area contributed by atoms with Crippen molar-refractivity contribution in [3.05, 3.63) is 46.2 Å². The lowest BCUT2D eigenvalue weighted by Crippen LogP contribution is -2.36. The first-order valence-corrected chi connectivity index (χ1v) is 10.2. The van der Waals surface area contributed by atoms with Crippen LogP contribution in [-0.2, 0) is 6.67 Å². The molecule has 28 heavy (non-hydrogen) atoms. The highest BCUT2D eigenvalue weighted by atomic mass is 35.5. The number of nitrogens with zero attached hydrogens (tertiary/aromatic N) is 5. The molecule has 2 rings (SSSR count). The predicted molar refractivity (Wildman–Crippen MR) is 114 cm³/mol. The number of halogens is 2. The third kappa shape index (κ3) is 5.74. The lowest BCUT2D eigenvalue weighted by atomic mass is 10.1. The lowest BCUT2D eigenvalue weighted by molar-refractivity contribution is 0.183. The molecule has 0 fully saturated rings. The molecule has 2 aromatic rings. The van der Waals surface area contributed by atoms with Gasteiger partial charge in [-0.25, -0.2) is 0 Å². The minimum Gasteiger partial charge on any atom is -0.339 e. The zero-order valence-corrected chi connectivity index (χ0v) is 17.8. The number of hydrogen-bond donors (Lipinski definition) is 0. The zero-order valence-electron chi connectivity index (χ0n) is 16.3. The Bertz CT molecular complexity index is 859. The lowest BCUT2D eigenvalue weighted by Gasteiger charge is -2.26. The van der Waals surface area contributed by atoms with Crippen LogP contribution in [0.5, 0.6) is 0 Å². The van der Waals surface area contributed by atoms with Gasteiger partial charge in [-0.05, 0) is 19.2 Å². The molecule has 0 bridgehead atoms. The first-order chi connectivity index (χ1) is 13.5. The quantitative estimate of drug-likeness (QED) is 0.554. The van der Waals surface area contributed by atoms with Crippen LogP contribution in [-0.4, -0.2) is 47.1 Å². The predicted octanol–water partition coefficient (Wildman–Crippen LogP) is 4.85. The average molecular weight is 418 g/mol. The van der Waals surface area contributed by atoms with E-state index in [0.29, 0.717) is 35.2 Å². The van der Waals surface area contributed by atoms with Gasteiger partial charge in [0.05, 0.1) is 28.3 Å². The molecule has 0 aliphatic heterocycles. The van der Waals surface area contributed by atoms with Crippen LogP contribution in [0, 0.1) is 22.7 Å². The van der Waals surface area contributed by atoms with E-state index in [1.54, 1.807) is 6.07 Å². The third-order valence-electron chi connectivity index (χ3n) is 4.77. The van der Waals surface area contributed by atoms with Crippen molar-refractivity contribution >= 4 is 23.2 Å². The topological polar surface area (TPSA) is 59.0 Å². The minimum atomic E-state index is 0.446. The van der Waals surface area contributed by atoms with E-state index in [9.17, 15) is 5.26 Å². The van der Waals surface area contributed by atoms with Crippen molar-refractivity contribution in [1.29, 1.82) is 10.5 Å². The van der Waals surface area contributed by atoms with Gasteiger partial charge in [-0.15, -0.1) is 0 Å². The van der Waals surface area contributed by atoms with E-state index in [2.05, 4.69) is 35.8 Å². The van der Waals surface area contributed by atoms with Crippen molar-refractivity contribution in [2.24, 2.45) is 0 Å². The number of hydrogen-bond acceptors (Lipinski definition) is 4. The molecule has 0 spiro atoms. The maximum Gasteiger partial charge on any atom is 0.101 e. The van der Waals surface area contributed by atoms with Crippen molar-refractivity contribution in [2.45, 2.75) is 26.9 Å². The highest BCUT2D eigenvalue weighted by Gasteiger charge is 2.15. The van der Waals surface area contributed by atoms with Crippen LogP contribution in [0.1, 0.15) is 25.8 Å². The summed E-state index contributed by atoms with van der Waals surface area (Å²) < 4.78 is 1.98. The summed E-state index contributed by atoms with van der Waals surface area (Å²) in [4.78, 5) is 4.58. The Balaban J connectivity index is 2.23. The van der Waals surface area contributed by atoms with Gasteiger partial charge in [-0.3, -0.25) is 4.90 Å². The van der Waals surface area contributed by atoms with Gasteiger partial charge in [0, 0.05) is 49.6 Å². The summed E-state index contributed by atoms with van der Waals surface area (Å²) in [6.45, 7) is 9.39. The van der Waals surface area contributed by atoms with Crippen LogP contribution in [0.25, 0.3) is 11.1 Å². The number of likely N-dealkylation sites (N-methyl/N-ethyl adjacent to an activating group) is 1. The molecule has 1 heterocycles. The standard InChI is InChI=1S/C21H25Cl2N5/c1-3-26(4-2)11-12-27(10-6-9-24)16-28-14-17(13-25)19(15-28)18-7-5-8-20(22)21(18)23/h5,7-8,14-15H,3-4,6,10-12,16H2,1-2H3. The summed E-state index contributed by atoms with van der Waals surface area (Å²) in [5.74, 6) is 0. The van der Waals surface area contributed by atoms with Crippen LogP contribution < -0.4 is 0 Å². The van der Waals surface area contributed by atoms with Gasteiger partial charge < -0.3 is 9.47 Å². The minimum absolute atomic E-state index is 0.446. The van der Waals surface area contributed by atoms with E-state index >= 15 is 0 Å². The third-order valence-corrected chi connectivity index (χ3v) is 5.59.